The Morgan fingerprint density at radius 3 is 2.33 bits per heavy atom. The fourth-order valence-electron chi connectivity index (χ4n) is 5.26. The molecule has 4 aromatic rings. The Hall–Kier alpha value is -3.87. The molecule has 1 amide bonds. The lowest BCUT2D eigenvalue weighted by Gasteiger charge is -2.42. The first-order valence-corrected chi connectivity index (χ1v) is 12.2. The van der Waals surface area contributed by atoms with Gasteiger partial charge in [-0.25, -0.2) is 0 Å². The first-order chi connectivity index (χ1) is 17.0. The van der Waals surface area contributed by atoms with Crippen LogP contribution >= 0.6 is 0 Å². The van der Waals surface area contributed by atoms with Gasteiger partial charge >= 0.3 is 0 Å². The molecule has 186 valence electrons. The minimum Gasteiger partial charge on any atom is -0.456 e. The second-order valence-electron chi connectivity index (χ2n) is 11.1. The van der Waals surface area contributed by atoms with Crippen molar-refractivity contribution < 1.29 is 9.21 Å². The summed E-state index contributed by atoms with van der Waals surface area (Å²) in [5, 5.41) is 7.62. The van der Waals surface area contributed by atoms with E-state index in [1.165, 1.54) is 34.7 Å². The third-order valence-corrected chi connectivity index (χ3v) is 7.63. The zero-order valence-electron chi connectivity index (χ0n) is 21.3. The lowest BCUT2D eigenvalue weighted by Crippen LogP contribution is -2.34. The molecule has 1 aliphatic rings. The molecule has 0 fully saturated rings. The summed E-state index contributed by atoms with van der Waals surface area (Å²) in [6, 6.07) is 12.8. The van der Waals surface area contributed by atoms with E-state index in [9.17, 15) is 14.4 Å². The number of hydrogen-bond donors (Lipinski definition) is 3. The molecule has 0 bridgehead atoms. The van der Waals surface area contributed by atoms with Crippen LogP contribution in [0.2, 0.25) is 0 Å². The number of carbonyl (C=O) groups is 1. The van der Waals surface area contributed by atoms with Crippen molar-refractivity contribution in [3.8, 4) is 0 Å². The van der Waals surface area contributed by atoms with Gasteiger partial charge in [0.1, 0.15) is 5.76 Å². The molecular weight excluding hydrogens is 454 g/mol. The third-order valence-electron chi connectivity index (χ3n) is 7.63. The second kappa shape index (κ2) is 8.36. The van der Waals surface area contributed by atoms with E-state index in [4.69, 9.17) is 4.42 Å². The van der Waals surface area contributed by atoms with Gasteiger partial charge in [-0.3, -0.25) is 24.6 Å². The van der Waals surface area contributed by atoms with Crippen molar-refractivity contribution in [3.05, 3.63) is 96.9 Å². The normalized spacial score (nSPS) is 16.0. The van der Waals surface area contributed by atoms with Crippen LogP contribution in [0.15, 0.2) is 56.5 Å². The van der Waals surface area contributed by atoms with Crippen LogP contribution in [0, 0.1) is 6.92 Å². The van der Waals surface area contributed by atoms with Crippen LogP contribution in [-0.4, -0.2) is 16.1 Å². The van der Waals surface area contributed by atoms with Crippen LogP contribution in [-0.2, 0) is 17.3 Å². The number of fused-ring (bicyclic) bond motifs is 2. The number of anilines is 1. The number of aromatic amines is 2. The number of H-pyrrole nitrogens is 2. The molecule has 7 heteroatoms. The Kier molecular flexibility index (Phi) is 5.54. The summed E-state index contributed by atoms with van der Waals surface area (Å²) in [5.74, 6) is 0.335. The Morgan fingerprint density at radius 2 is 1.61 bits per heavy atom. The minimum atomic E-state index is -0.491. The molecule has 0 radical (unpaired) electrons. The summed E-state index contributed by atoms with van der Waals surface area (Å²) in [6.45, 7) is 11.4. The van der Waals surface area contributed by atoms with Crippen molar-refractivity contribution in [2.24, 2.45) is 0 Å². The highest BCUT2D eigenvalue weighted by Crippen LogP contribution is 2.46. The van der Waals surface area contributed by atoms with Gasteiger partial charge in [-0.2, -0.15) is 0 Å². The Bertz CT molecular complexity index is 1620. The van der Waals surface area contributed by atoms with E-state index < -0.39 is 17.0 Å². The summed E-state index contributed by atoms with van der Waals surface area (Å²) in [4.78, 5) is 37.3. The average molecular weight is 486 g/mol. The summed E-state index contributed by atoms with van der Waals surface area (Å²) in [5.41, 5.74) is 4.78. The zero-order valence-corrected chi connectivity index (χ0v) is 21.3. The molecule has 7 nitrogen and oxygen atoms in total. The molecule has 5 rings (SSSR count). The zero-order chi connectivity index (χ0) is 25.8. The van der Waals surface area contributed by atoms with Crippen LogP contribution in [0.25, 0.3) is 10.8 Å². The van der Waals surface area contributed by atoms with Crippen molar-refractivity contribution in [2.45, 2.75) is 64.7 Å². The molecule has 0 saturated carbocycles. The van der Waals surface area contributed by atoms with Gasteiger partial charge in [-0.1, -0.05) is 45.9 Å². The number of benzene rings is 2. The number of furan rings is 1. The summed E-state index contributed by atoms with van der Waals surface area (Å²) >= 11 is 0. The topological polar surface area (TPSA) is 108 Å². The van der Waals surface area contributed by atoms with Gasteiger partial charge in [0, 0.05) is 6.42 Å². The number of amides is 1. The van der Waals surface area contributed by atoms with E-state index in [1.807, 2.05) is 6.07 Å². The van der Waals surface area contributed by atoms with E-state index in [0.29, 0.717) is 12.2 Å². The molecule has 0 unspecified atom stereocenters. The van der Waals surface area contributed by atoms with E-state index in [0.717, 1.165) is 6.42 Å². The Balaban J connectivity index is 1.42. The average Bonchev–Trinajstić information content (AvgIpc) is 3.29. The number of nitrogens with one attached hydrogen (secondary N) is 3. The summed E-state index contributed by atoms with van der Waals surface area (Å²) in [7, 11) is 0. The number of aromatic nitrogens is 2. The highest BCUT2D eigenvalue weighted by molar-refractivity contribution is 6.07. The van der Waals surface area contributed by atoms with Gasteiger partial charge in [0.15, 0.2) is 5.76 Å². The molecular formula is C29H31N3O4. The fourth-order valence-corrected chi connectivity index (χ4v) is 5.26. The lowest BCUT2D eigenvalue weighted by atomic mass is 9.62. The third kappa shape index (κ3) is 4.08. The van der Waals surface area contributed by atoms with Gasteiger partial charge in [0.2, 0.25) is 0 Å². The van der Waals surface area contributed by atoms with Gasteiger partial charge < -0.3 is 9.73 Å². The first-order valence-electron chi connectivity index (χ1n) is 12.2. The van der Waals surface area contributed by atoms with Crippen LogP contribution in [0.1, 0.15) is 79.1 Å². The maximum atomic E-state index is 12.9. The van der Waals surface area contributed by atoms with Gasteiger partial charge in [-0.15, -0.1) is 0 Å². The lowest BCUT2D eigenvalue weighted by molar-refractivity contribution is 0.0995. The van der Waals surface area contributed by atoms with Gasteiger partial charge in [0.05, 0.1) is 16.5 Å². The van der Waals surface area contributed by atoms with Crippen molar-refractivity contribution in [2.75, 3.05) is 5.32 Å². The first kappa shape index (κ1) is 23.9. The largest absolute Gasteiger partial charge is 0.456 e. The molecule has 0 saturated heterocycles. The molecule has 2 aromatic carbocycles. The molecule has 3 N–H and O–H groups in total. The van der Waals surface area contributed by atoms with Crippen molar-refractivity contribution >= 4 is 22.4 Å². The van der Waals surface area contributed by atoms with Crippen LogP contribution < -0.4 is 16.4 Å². The van der Waals surface area contributed by atoms with Crippen molar-refractivity contribution in [1.82, 2.24) is 10.2 Å². The van der Waals surface area contributed by atoms with Gasteiger partial charge in [0.25, 0.3) is 17.0 Å². The van der Waals surface area contributed by atoms with Gasteiger partial charge in [-0.05, 0) is 77.1 Å². The van der Waals surface area contributed by atoms with E-state index in [1.54, 1.807) is 18.2 Å². The Labute approximate surface area is 208 Å². The molecule has 0 atom stereocenters. The standard InChI is InChI=1S/C29H31N3O4/c1-16-13-20-21(29(4,5)12-11-28(20,2)3)15-17(16)14-18-9-10-23(36-18)26(34)30-22-8-6-7-19-24(22)27(35)32-31-25(19)33/h6-10,13,15H,11-12,14H2,1-5H3,(H,30,34)(H,31,33)(H,32,35). The molecule has 0 aliphatic heterocycles. The molecule has 2 aromatic heterocycles. The van der Waals surface area contributed by atoms with Crippen LogP contribution in [0.4, 0.5) is 5.69 Å². The maximum absolute atomic E-state index is 12.9. The van der Waals surface area contributed by atoms with E-state index in [-0.39, 0.29) is 33.1 Å². The molecule has 1 aliphatic carbocycles. The molecule has 2 heterocycles. The van der Waals surface area contributed by atoms with Crippen LogP contribution in [0.5, 0.6) is 0 Å². The smallest absolute Gasteiger partial charge is 0.291 e. The number of aryl methyl sites for hydroxylation is 1. The SMILES string of the molecule is Cc1cc2c(cc1Cc1ccc(C(=O)Nc3cccc4c(=O)[nH][nH]c(=O)c34)o1)C(C)(C)CCC2(C)C. The highest BCUT2D eigenvalue weighted by atomic mass is 16.3. The predicted molar refractivity (Wildman–Crippen MR) is 141 cm³/mol. The maximum Gasteiger partial charge on any atom is 0.291 e. The Morgan fingerprint density at radius 1 is 0.944 bits per heavy atom. The summed E-state index contributed by atoms with van der Waals surface area (Å²) in [6.07, 6.45) is 2.88. The van der Waals surface area contributed by atoms with Crippen LogP contribution in [0.3, 0.4) is 0 Å². The van der Waals surface area contributed by atoms with Crippen molar-refractivity contribution in [1.29, 1.82) is 0 Å². The molecule has 36 heavy (non-hydrogen) atoms. The fraction of sp³-hybridized carbons (Fsp3) is 0.345. The number of carbonyl (C=O) groups excluding carboxylic acids is 1. The highest BCUT2D eigenvalue weighted by Gasteiger charge is 2.37. The minimum absolute atomic E-state index is 0.111. The molecule has 0 spiro atoms. The van der Waals surface area contributed by atoms with E-state index in [2.05, 4.69) is 62.3 Å². The quantitative estimate of drug-likeness (QED) is 0.364. The monoisotopic (exact) mass is 485 g/mol. The number of hydrogen-bond acceptors (Lipinski definition) is 4. The summed E-state index contributed by atoms with van der Waals surface area (Å²) < 4.78 is 5.91. The predicted octanol–water partition coefficient (Wildman–Crippen LogP) is 5.31. The van der Waals surface area contributed by atoms with E-state index >= 15 is 0 Å². The van der Waals surface area contributed by atoms with Crippen molar-refractivity contribution in [3.63, 3.8) is 0 Å². The number of rotatable bonds is 4. The second-order valence-corrected chi connectivity index (χ2v) is 11.1.